The third-order valence-electron chi connectivity index (χ3n) is 4.51. The Labute approximate surface area is 109 Å². The van der Waals surface area contributed by atoms with Gasteiger partial charge in [0.05, 0.1) is 0 Å². The summed E-state index contributed by atoms with van der Waals surface area (Å²) in [5, 5.41) is 0.796. The molecule has 3 unspecified atom stereocenters. The molecule has 2 N–H and O–H groups in total. The molecule has 0 bridgehead atoms. The lowest BCUT2D eigenvalue weighted by Crippen LogP contribution is -2.52. The van der Waals surface area contributed by atoms with Gasteiger partial charge in [-0.1, -0.05) is 50.4 Å². The predicted octanol–water partition coefficient (Wildman–Crippen LogP) is 4.04. The molecule has 1 aliphatic rings. The molecular weight excluding hydrogens is 230 g/mol. The summed E-state index contributed by atoms with van der Waals surface area (Å²) in [5.74, 6) is 1.33. The van der Waals surface area contributed by atoms with Crippen LogP contribution in [0.4, 0.5) is 0 Å². The molecule has 2 heteroatoms. The number of hydrogen-bond acceptors (Lipinski definition) is 1. The minimum Gasteiger partial charge on any atom is -0.325 e. The van der Waals surface area contributed by atoms with Gasteiger partial charge >= 0.3 is 0 Å². The van der Waals surface area contributed by atoms with Crippen molar-refractivity contribution in [3.63, 3.8) is 0 Å². The number of halogens is 1. The fourth-order valence-electron chi connectivity index (χ4n) is 3.03. The highest BCUT2D eigenvalue weighted by Crippen LogP contribution is 2.38. The summed E-state index contributed by atoms with van der Waals surface area (Å²) >= 11 is 5.91. The van der Waals surface area contributed by atoms with Gasteiger partial charge in [-0.2, -0.15) is 0 Å². The summed E-state index contributed by atoms with van der Waals surface area (Å²) in [6.07, 6.45) is 4.69. The normalized spacial score (nSPS) is 33.6. The average Bonchev–Trinajstić information content (AvgIpc) is 2.29. The van der Waals surface area contributed by atoms with E-state index in [2.05, 4.69) is 26.0 Å². The molecule has 0 saturated heterocycles. The molecule has 2 rings (SSSR count). The van der Waals surface area contributed by atoms with E-state index < -0.39 is 0 Å². The second kappa shape index (κ2) is 4.99. The van der Waals surface area contributed by atoms with Gasteiger partial charge in [0.25, 0.3) is 0 Å². The zero-order valence-corrected chi connectivity index (χ0v) is 11.5. The molecule has 94 valence electrons. The van der Waals surface area contributed by atoms with Crippen LogP contribution in [0.5, 0.6) is 0 Å². The zero-order valence-electron chi connectivity index (χ0n) is 10.7. The number of benzene rings is 1. The summed E-state index contributed by atoms with van der Waals surface area (Å²) in [6.45, 7) is 4.63. The molecule has 0 aromatic heterocycles. The third kappa shape index (κ3) is 2.83. The van der Waals surface area contributed by atoms with Crippen LogP contribution in [0.2, 0.25) is 5.02 Å². The van der Waals surface area contributed by atoms with Gasteiger partial charge in [-0.15, -0.1) is 0 Å². The molecule has 0 heterocycles. The van der Waals surface area contributed by atoms with Crippen molar-refractivity contribution < 1.29 is 0 Å². The van der Waals surface area contributed by atoms with E-state index in [1.54, 1.807) is 0 Å². The SMILES string of the molecule is CC1CCCC(N)(Cc2ccc(Cl)cc2)C1C. The molecule has 17 heavy (non-hydrogen) atoms. The Morgan fingerprint density at radius 3 is 2.59 bits per heavy atom. The predicted molar refractivity (Wildman–Crippen MR) is 74.3 cm³/mol. The van der Waals surface area contributed by atoms with Gasteiger partial charge in [0.2, 0.25) is 0 Å². The molecule has 1 aromatic carbocycles. The molecule has 1 aromatic rings. The van der Waals surface area contributed by atoms with Gasteiger partial charge < -0.3 is 5.73 Å². The minimum absolute atomic E-state index is 0.0362. The summed E-state index contributed by atoms with van der Waals surface area (Å²) < 4.78 is 0. The Balaban J connectivity index is 2.13. The largest absolute Gasteiger partial charge is 0.325 e. The standard InChI is InChI=1S/C15H22ClN/c1-11-4-3-9-15(17,12(11)2)10-13-5-7-14(16)8-6-13/h5-8,11-12H,3-4,9-10,17H2,1-2H3. The maximum absolute atomic E-state index is 6.63. The fraction of sp³-hybridized carbons (Fsp3) is 0.600. The van der Waals surface area contributed by atoms with E-state index in [0.717, 1.165) is 23.8 Å². The Bertz CT molecular complexity index is 373. The lowest BCUT2D eigenvalue weighted by molar-refractivity contribution is 0.143. The minimum atomic E-state index is -0.0362. The van der Waals surface area contributed by atoms with Crippen molar-refractivity contribution in [2.24, 2.45) is 17.6 Å². The summed E-state index contributed by atoms with van der Waals surface area (Å²) in [5.41, 5.74) is 7.90. The second-order valence-corrected chi connectivity index (χ2v) is 6.13. The smallest absolute Gasteiger partial charge is 0.0406 e. The van der Waals surface area contributed by atoms with Gasteiger partial charge in [-0.05, 0) is 42.4 Å². The maximum Gasteiger partial charge on any atom is 0.0406 e. The highest BCUT2D eigenvalue weighted by atomic mass is 35.5. The monoisotopic (exact) mass is 251 g/mol. The zero-order chi connectivity index (χ0) is 12.5. The Morgan fingerprint density at radius 1 is 1.29 bits per heavy atom. The third-order valence-corrected chi connectivity index (χ3v) is 4.76. The first kappa shape index (κ1) is 12.9. The summed E-state index contributed by atoms with van der Waals surface area (Å²) in [7, 11) is 0. The van der Waals surface area contributed by atoms with Gasteiger partial charge in [-0.3, -0.25) is 0 Å². The van der Waals surface area contributed by atoms with Crippen molar-refractivity contribution in [1.82, 2.24) is 0 Å². The van der Waals surface area contributed by atoms with E-state index in [1.807, 2.05) is 12.1 Å². The molecule has 3 atom stereocenters. The summed E-state index contributed by atoms with van der Waals surface area (Å²) in [4.78, 5) is 0. The summed E-state index contributed by atoms with van der Waals surface area (Å²) in [6, 6.07) is 8.11. The van der Waals surface area contributed by atoms with Crippen LogP contribution < -0.4 is 5.73 Å². The Morgan fingerprint density at radius 2 is 1.94 bits per heavy atom. The topological polar surface area (TPSA) is 26.0 Å². The van der Waals surface area contributed by atoms with Crippen LogP contribution >= 0.6 is 11.6 Å². The number of rotatable bonds is 2. The van der Waals surface area contributed by atoms with Crippen LogP contribution in [0.15, 0.2) is 24.3 Å². The van der Waals surface area contributed by atoms with Gasteiger partial charge in [0.1, 0.15) is 0 Å². The van der Waals surface area contributed by atoms with E-state index in [9.17, 15) is 0 Å². The maximum atomic E-state index is 6.63. The lowest BCUT2D eigenvalue weighted by Gasteiger charge is -2.43. The highest BCUT2D eigenvalue weighted by molar-refractivity contribution is 6.30. The molecule has 0 radical (unpaired) electrons. The fourth-order valence-corrected chi connectivity index (χ4v) is 3.16. The first-order valence-electron chi connectivity index (χ1n) is 6.54. The average molecular weight is 252 g/mol. The van der Waals surface area contributed by atoms with Crippen molar-refractivity contribution in [2.75, 3.05) is 0 Å². The molecule has 0 aliphatic heterocycles. The Hall–Kier alpha value is -0.530. The van der Waals surface area contributed by atoms with Crippen molar-refractivity contribution >= 4 is 11.6 Å². The second-order valence-electron chi connectivity index (χ2n) is 5.69. The number of nitrogens with two attached hydrogens (primary N) is 1. The van der Waals surface area contributed by atoms with Crippen LogP contribution in [0, 0.1) is 11.8 Å². The Kier molecular flexibility index (Phi) is 3.79. The van der Waals surface area contributed by atoms with Crippen LogP contribution in [0.1, 0.15) is 38.7 Å². The van der Waals surface area contributed by atoms with Crippen LogP contribution in [0.25, 0.3) is 0 Å². The molecule has 1 saturated carbocycles. The van der Waals surface area contributed by atoms with E-state index in [0.29, 0.717) is 5.92 Å². The highest BCUT2D eigenvalue weighted by Gasteiger charge is 2.37. The van der Waals surface area contributed by atoms with Gasteiger partial charge in [0.15, 0.2) is 0 Å². The van der Waals surface area contributed by atoms with E-state index in [1.165, 1.54) is 18.4 Å². The van der Waals surface area contributed by atoms with E-state index in [-0.39, 0.29) is 5.54 Å². The van der Waals surface area contributed by atoms with Gasteiger partial charge in [-0.25, -0.2) is 0 Å². The van der Waals surface area contributed by atoms with Crippen LogP contribution in [-0.4, -0.2) is 5.54 Å². The van der Waals surface area contributed by atoms with Gasteiger partial charge in [0, 0.05) is 10.6 Å². The lowest BCUT2D eigenvalue weighted by atomic mass is 9.66. The number of hydrogen-bond donors (Lipinski definition) is 1. The molecule has 0 spiro atoms. The van der Waals surface area contributed by atoms with E-state index >= 15 is 0 Å². The molecule has 1 nitrogen and oxygen atoms in total. The first-order chi connectivity index (χ1) is 8.01. The van der Waals surface area contributed by atoms with Crippen molar-refractivity contribution in [3.05, 3.63) is 34.9 Å². The molecule has 0 amide bonds. The van der Waals surface area contributed by atoms with Crippen LogP contribution in [-0.2, 0) is 6.42 Å². The quantitative estimate of drug-likeness (QED) is 0.844. The van der Waals surface area contributed by atoms with Crippen molar-refractivity contribution in [2.45, 2.75) is 45.1 Å². The van der Waals surface area contributed by atoms with E-state index in [4.69, 9.17) is 17.3 Å². The van der Waals surface area contributed by atoms with Crippen molar-refractivity contribution in [3.8, 4) is 0 Å². The molecule has 1 fully saturated rings. The first-order valence-corrected chi connectivity index (χ1v) is 6.92. The van der Waals surface area contributed by atoms with Crippen LogP contribution in [0.3, 0.4) is 0 Å². The van der Waals surface area contributed by atoms with Crippen molar-refractivity contribution in [1.29, 1.82) is 0 Å². The molecule has 1 aliphatic carbocycles. The molecular formula is C15H22ClN.